The number of rotatable bonds is 14. The van der Waals surface area contributed by atoms with Crippen molar-refractivity contribution in [1.29, 1.82) is 0 Å². The summed E-state index contributed by atoms with van der Waals surface area (Å²) in [7, 11) is 9.81. The Kier molecular flexibility index (Phi) is 25.6. The summed E-state index contributed by atoms with van der Waals surface area (Å²) >= 11 is -0.639. The highest BCUT2D eigenvalue weighted by Gasteiger charge is 2.09. The van der Waals surface area contributed by atoms with Crippen molar-refractivity contribution in [3.63, 3.8) is 0 Å². The summed E-state index contributed by atoms with van der Waals surface area (Å²) in [5.74, 6) is 0. The normalized spacial score (nSPS) is 10.5. The maximum absolute atomic E-state index is 5.56. The van der Waals surface area contributed by atoms with E-state index in [2.05, 4.69) is 0 Å². The Bertz CT molecular complexity index is 174. The molecular weight excluding hydrogens is 343 g/mol. The van der Waals surface area contributed by atoms with E-state index in [1.807, 2.05) is 27.7 Å². The van der Waals surface area contributed by atoms with Crippen LogP contribution in [0.15, 0.2) is 0 Å². The van der Waals surface area contributed by atoms with Gasteiger partial charge in [0.25, 0.3) is 0 Å². The Morgan fingerprint density at radius 3 is 1.18 bits per heavy atom. The summed E-state index contributed by atoms with van der Waals surface area (Å²) in [5, 5.41) is 0. The second-order valence-electron chi connectivity index (χ2n) is 3.97. The van der Waals surface area contributed by atoms with Gasteiger partial charge in [-0.2, -0.15) is 0 Å². The van der Waals surface area contributed by atoms with E-state index in [9.17, 15) is 0 Å². The molecule has 0 aromatic rings. The first kappa shape index (κ1) is 25.4. The van der Waals surface area contributed by atoms with Crippen molar-refractivity contribution in [1.82, 2.24) is 0 Å². The van der Waals surface area contributed by atoms with Gasteiger partial charge in [0.2, 0.25) is 0 Å². The first-order chi connectivity index (χ1) is 10.7. The van der Waals surface area contributed by atoms with Crippen molar-refractivity contribution in [2.75, 3.05) is 39.6 Å². The van der Waals surface area contributed by atoms with Crippen molar-refractivity contribution in [2.45, 2.75) is 53.1 Å². The summed E-state index contributed by atoms with van der Waals surface area (Å²) in [4.78, 5) is 0. The molecule has 0 aliphatic carbocycles. The highest BCUT2D eigenvalue weighted by Crippen LogP contribution is 2.04. The van der Waals surface area contributed by atoms with Crippen molar-refractivity contribution in [3.8, 4) is 0 Å². The molecule has 8 heteroatoms. The predicted octanol–water partition coefficient (Wildman–Crippen LogP) is 3.58. The summed E-state index contributed by atoms with van der Waals surface area (Å²) in [6.45, 7) is 11.7. The topological polar surface area (TPSA) is 46.2 Å². The van der Waals surface area contributed by atoms with Gasteiger partial charge in [0.15, 0.2) is 12.6 Å². The molecule has 0 spiro atoms. The van der Waals surface area contributed by atoms with Crippen molar-refractivity contribution in [3.05, 3.63) is 0 Å². The number of ether oxygens (including phenoxy) is 5. The summed E-state index contributed by atoms with van der Waals surface area (Å²) in [5.41, 5.74) is 0. The lowest BCUT2D eigenvalue weighted by Gasteiger charge is -2.18. The Morgan fingerprint density at radius 1 is 0.682 bits per heavy atom. The highest BCUT2D eigenvalue weighted by molar-refractivity contribution is 7.22. The van der Waals surface area contributed by atoms with Crippen LogP contribution >= 0.6 is 18.1 Å². The molecule has 0 aromatic carbocycles. The van der Waals surface area contributed by atoms with E-state index in [-0.39, 0.29) is 12.6 Å². The van der Waals surface area contributed by atoms with Crippen LogP contribution in [-0.4, -0.2) is 70.4 Å². The fourth-order valence-electron chi connectivity index (χ4n) is 1.63. The molecule has 0 unspecified atom stereocenters. The lowest BCUT2D eigenvalue weighted by Crippen LogP contribution is -2.22. The fraction of sp³-hybridized carbons (Fsp3) is 1.00. The second-order valence-corrected chi connectivity index (χ2v) is 6.60. The summed E-state index contributed by atoms with van der Waals surface area (Å²) in [6, 6.07) is 0. The Morgan fingerprint density at radius 2 is 0.955 bits per heavy atom. The third kappa shape index (κ3) is 19.2. The van der Waals surface area contributed by atoms with Gasteiger partial charge >= 0.3 is 18.2 Å². The van der Waals surface area contributed by atoms with E-state index in [0.29, 0.717) is 39.6 Å². The van der Waals surface area contributed by atoms with Crippen LogP contribution in [0.2, 0.25) is 0 Å². The SMILES string of the molecule is CCOC(CCOCCC(OCC)OCC)OCC.[Cl][Mg][Cl]. The van der Waals surface area contributed by atoms with E-state index in [1.165, 1.54) is 0 Å². The minimum absolute atomic E-state index is 0.162. The van der Waals surface area contributed by atoms with Gasteiger partial charge in [0.05, 0.1) is 13.2 Å². The largest absolute Gasteiger partial charge is 0.618 e. The molecule has 5 nitrogen and oxygen atoms in total. The molecule has 0 saturated heterocycles. The average Bonchev–Trinajstić information content (AvgIpc) is 2.48. The molecule has 0 amide bonds. The molecule has 0 heterocycles. The fourth-order valence-corrected chi connectivity index (χ4v) is 1.63. The van der Waals surface area contributed by atoms with Crippen molar-refractivity contribution >= 4 is 36.3 Å². The molecular formula is C14H30Cl2MgO5. The molecule has 0 aliphatic rings. The van der Waals surface area contributed by atoms with E-state index < -0.39 is 18.2 Å². The summed E-state index contributed by atoms with van der Waals surface area (Å²) in [6.07, 6.45) is 1.17. The number of hydrogen-bond donors (Lipinski definition) is 0. The van der Waals surface area contributed by atoms with Gasteiger partial charge in [-0.05, 0) is 27.7 Å². The smallest absolute Gasteiger partial charge is 0.381 e. The number of halogens is 2. The zero-order valence-electron chi connectivity index (χ0n) is 14.3. The van der Waals surface area contributed by atoms with E-state index in [4.69, 9.17) is 41.8 Å². The Hall–Kier alpha value is 1.15. The van der Waals surface area contributed by atoms with E-state index >= 15 is 0 Å². The third-order valence-corrected chi connectivity index (χ3v) is 2.41. The Balaban J connectivity index is 0. The Labute approximate surface area is 152 Å². The van der Waals surface area contributed by atoms with Gasteiger partial charge in [0.1, 0.15) is 0 Å². The van der Waals surface area contributed by atoms with Gasteiger partial charge in [-0.25, -0.2) is 0 Å². The van der Waals surface area contributed by atoms with Crippen LogP contribution < -0.4 is 0 Å². The molecule has 132 valence electrons. The zero-order chi connectivity index (χ0) is 17.1. The van der Waals surface area contributed by atoms with Crippen LogP contribution in [-0.2, 0) is 23.7 Å². The van der Waals surface area contributed by atoms with Crippen LogP contribution in [0.25, 0.3) is 0 Å². The zero-order valence-corrected chi connectivity index (χ0v) is 17.2. The average molecular weight is 374 g/mol. The lowest BCUT2D eigenvalue weighted by atomic mass is 10.4. The quantitative estimate of drug-likeness (QED) is 0.265. The first-order valence-electron chi connectivity index (χ1n) is 7.85. The molecule has 0 radical (unpaired) electrons. The maximum Gasteiger partial charge on any atom is 0.618 e. The van der Waals surface area contributed by atoms with E-state index in [1.54, 1.807) is 0 Å². The number of hydrogen-bond acceptors (Lipinski definition) is 5. The van der Waals surface area contributed by atoms with Crippen LogP contribution in [0.4, 0.5) is 0 Å². The molecule has 0 aromatic heterocycles. The molecule has 0 atom stereocenters. The highest BCUT2D eigenvalue weighted by atomic mass is 35.6. The molecule has 22 heavy (non-hydrogen) atoms. The second kappa shape index (κ2) is 22.1. The van der Waals surface area contributed by atoms with Gasteiger partial charge in [-0.3, -0.25) is 0 Å². The standard InChI is InChI=1S/C14H30O5.2ClH.Mg/c1-5-16-13(17-6-2)9-11-15-12-10-14(18-7-3)19-8-4;;;/h13-14H,5-12H2,1-4H3;2*1H;/q;;;+2/p-2. The van der Waals surface area contributed by atoms with Crippen molar-refractivity contribution < 1.29 is 23.7 Å². The van der Waals surface area contributed by atoms with Crippen LogP contribution in [0.5, 0.6) is 0 Å². The van der Waals surface area contributed by atoms with Gasteiger partial charge < -0.3 is 41.8 Å². The first-order valence-corrected chi connectivity index (χ1v) is 12.1. The lowest BCUT2D eigenvalue weighted by molar-refractivity contribution is -0.156. The minimum atomic E-state index is -0.639. The van der Waals surface area contributed by atoms with E-state index in [0.717, 1.165) is 12.8 Å². The van der Waals surface area contributed by atoms with Gasteiger partial charge in [-0.15, -0.1) is 0 Å². The molecule has 0 rings (SSSR count). The predicted molar refractivity (Wildman–Crippen MR) is 91.6 cm³/mol. The summed E-state index contributed by atoms with van der Waals surface area (Å²) < 4.78 is 27.3. The molecule has 0 aliphatic heterocycles. The monoisotopic (exact) mass is 372 g/mol. The van der Waals surface area contributed by atoms with Gasteiger partial charge in [0, 0.05) is 39.3 Å². The van der Waals surface area contributed by atoms with Crippen LogP contribution in [0.3, 0.4) is 0 Å². The molecule has 0 saturated carbocycles. The minimum Gasteiger partial charge on any atom is -0.381 e. The molecule has 0 fully saturated rings. The maximum atomic E-state index is 5.56. The molecule has 0 bridgehead atoms. The van der Waals surface area contributed by atoms with Crippen molar-refractivity contribution in [2.24, 2.45) is 0 Å². The van der Waals surface area contributed by atoms with Crippen LogP contribution in [0, 0.1) is 0 Å². The van der Waals surface area contributed by atoms with Crippen LogP contribution in [0.1, 0.15) is 40.5 Å². The van der Waals surface area contributed by atoms with Gasteiger partial charge in [-0.1, -0.05) is 0 Å². The molecule has 0 N–H and O–H groups in total. The third-order valence-electron chi connectivity index (χ3n) is 2.41.